The molecule has 0 radical (unpaired) electrons. The van der Waals surface area contributed by atoms with E-state index in [0.717, 1.165) is 39.3 Å². The molecule has 1 saturated heterocycles. The number of halogens is 2. The van der Waals surface area contributed by atoms with Gasteiger partial charge in [-0.05, 0) is 61.3 Å². The molecule has 0 spiro atoms. The Balaban J connectivity index is 1.26. The van der Waals surface area contributed by atoms with Crippen molar-refractivity contribution >= 4 is 44.7 Å². The standard InChI is InChI=1S/C26H22ClFN4OS/c27-22-14-20(7-9-24(22)33-12-10-17-3-1-4-18(28)13-17)32-26-25-23(30-16-31-26)15-21(34-25)8-6-19-5-2-11-29-19/h1,3-4,7,9,13-16,19,29H,2,5,10-12H2,(H,30,31,32)/t19-/m1/s1. The Labute approximate surface area is 206 Å². The first-order chi connectivity index (χ1) is 16.6. The first-order valence-electron chi connectivity index (χ1n) is 11.1. The molecule has 1 atom stereocenters. The number of ether oxygens (including phenoxy) is 1. The second kappa shape index (κ2) is 10.4. The van der Waals surface area contributed by atoms with Crippen LogP contribution in [0, 0.1) is 17.7 Å². The van der Waals surface area contributed by atoms with Crippen LogP contribution in [0.15, 0.2) is 54.9 Å². The molecule has 5 nitrogen and oxygen atoms in total. The van der Waals surface area contributed by atoms with Gasteiger partial charge in [0.1, 0.15) is 17.9 Å². The fourth-order valence-electron chi connectivity index (χ4n) is 3.77. The third-order valence-electron chi connectivity index (χ3n) is 5.47. The molecule has 0 amide bonds. The first-order valence-corrected chi connectivity index (χ1v) is 12.3. The van der Waals surface area contributed by atoms with E-state index in [0.29, 0.717) is 29.6 Å². The van der Waals surface area contributed by atoms with Gasteiger partial charge < -0.3 is 15.4 Å². The minimum Gasteiger partial charge on any atom is -0.492 e. The van der Waals surface area contributed by atoms with E-state index in [-0.39, 0.29) is 11.9 Å². The minimum absolute atomic E-state index is 0.250. The molecule has 0 bridgehead atoms. The molecule has 34 heavy (non-hydrogen) atoms. The molecule has 0 unspecified atom stereocenters. The lowest BCUT2D eigenvalue weighted by molar-refractivity contribution is 0.322. The molecule has 1 fully saturated rings. The van der Waals surface area contributed by atoms with Crippen molar-refractivity contribution in [2.45, 2.75) is 25.3 Å². The van der Waals surface area contributed by atoms with Crippen LogP contribution in [-0.2, 0) is 6.42 Å². The van der Waals surface area contributed by atoms with Crippen molar-refractivity contribution in [3.63, 3.8) is 0 Å². The highest BCUT2D eigenvalue weighted by Crippen LogP contribution is 2.33. The molecule has 0 saturated carbocycles. The Morgan fingerprint density at radius 1 is 1.21 bits per heavy atom. The molecular formula is C26H22ClFN4OS. The number of thiophene rings is 1. The summed E-state index contributed by atoms with van der Waals surface area (Å²) in [4.78, 5) is 9.77. The largest absolute Gasteiger partial charge is 0.492 e. The highest BCUT2D eigenvalue weighted by Gasteiger charge is 2.12. The van der Waals surface area contributed by atoms with Gasteiger partial charge in [0.05, 0.1) is 32.8 Å². The number of anilines is 2. The van der Waals surface area contributed by atoms with Crippen LogP contribution < -0.4 is 15.4 Å². The number of nitrogens with one attached hydrogen (secondary N) is 2. The summed E-state index contributed by atoms with van der Waals surface area (Å²) in [5.74, 6) is 7.60. The zero-order valence-corrected chi connectivity index (χ0v) is 19.8. The average Bonchev–Trinajstić information content (AvgIpc) is 3.49. The third kappa shape index (κ3) is 5.48. The zero-order valence-electron chi connectivity index (χ0n) is 18.3. The molecule has 3 heterocycles. The van der Waals surface area contributed by atoms with Crippen LogP contribution in [0.25, 0.3) is 10.2 Å². The van der Waals surface area contributed by atoms with Gasteiger partial charge in [-0.1, -0.05) is 35.6 Å². The second-order valence-corrected chi connectivity index (χ2v) is 9.42. The van der Waals surface area contributed by atoms with Crippen LogP contribution in [0.1, 0.15) is 23.3 Å². The summed E-state index contributed by atoms with van der Waals surface area (Å²) < 4.78 is 20.1. The monoisotopic (exact) mass is 492 g/mol. The van der Waals surface area contributed by atoms with Crippen molar-refractivity contribution in [1.82, 2.24) is 15.3 Å². The normalized spacial score (nSPS) is 15.2. The van der Waals surface area contributed by atoms with Gasteiger partial charge in [-0.15, -0.1) is 11.3 Å². The molecule has 5 rings (SSSR count). The lowest BCUT2D eigenvalue weighted by atomic mass is 10.1. The third-order valence-corrected chi connectivity index (χ3v) is 6.81. The number of hydrogen-bond donors (Lipinski definition) is 2. The number of benzene rings is 2. The highest BCUT2D eigenvalue weighted by molar-refractivity contribution is 7.20. The first kappa shape index (κ1) is 22.6. The van der Waals surface area contributed by atoms with Gasteiger partial charge in [-0.2, -0.15) is 0 Å². The van der Waals surface area contributed by atoms with Crippen LogP contribution >= 0.6 is 22.9 Å². The number of rotatable bonds is 6. The molecule has 1 aliphatic rings. The van der Waals surface area contributed by atoms with Crippen LogP contribution in [-0.4, -0.2) is 29.2 Å². The summed E-state index contributed by atoms with van der Waals surface area (Å²) in [6.45, 7) is 1.43. The van der Waals surface area contributed by atoms with Crippen molar-refractivity contribution in [2.24, 2.45) is 0 Å². The van der Waals surface area contributed by atoms with Crippen LogP contribution in [0.3, 0.4) is 0 Å². The Bertz CT molecular complexity index is 1370. The smallest absolute Gasteiger partial charge is 0.151 e. The van der Waals surface area contributed by atoms with Crippen molar-refractivity contribution < 1.29 is 9.13 Å². The summed E-state index contributed by atoms with van der Waals surface area (Å²) in [6, 6.07) is 14.3. The van der Waals surface area contributed by atoms with Crippen molar-refractivity contribution in [2.75, 3.05) is 18.5 Å². The Morgan fingerprint density at radius 2 is 2.15 bits per heavy atom. The maximum Gasteiger partial charge on any atom is 0.151 e. The molecule has 2 N–H and O–H groups in total. The summed E-state index contributed by atoms with van der Waals surface area (Å²) >= 11 is 8.02. The van der Waals surface area contributed by atoms with Gasteiger partial charge >= 0.3 is 0 Å². The fourth-order valence-corrected chi connectivity index (χ4v) is 4.93. The molecule has 172 valence electrons. The zero-order chi connectivity index (χ0) is 23.3. The molecule has 0 aliphatic carbocycles. The van der Waals surface area contributed by atoms with E-state index < -0.39 is 0 Å². The molecule has 2 aromatic heterocycles. The predicted molar refractivity (Wildman–Crippen MR) is 136 cm³/mol. The Hall–Kier alpha value is -3.18. The number of hydrogen-bond acceptors (Lipinski definition) is 6. The molecule has 8 heteroatoms. The van der Waals surface area contributed by atoms with E-state index in [4.69, 9.17) is 16.3 Å². The quantitative estimate of drug-likeness (QED) is 0.325. The average molecular weight is 493 g/mol. The minimum atomic E-state index is -0.250. The topological polar surface area (TPSA) is 59.1 Å². The van der Waals surface area contributed by atoms with E-state index in [1.807, 2.05) is 24.3 Å². The highest BCUT2D eigenvalue weighted by atomic mass is 35.5. The summed E-state index contributed by atoms with van der Waals surface area (Å²) in [7, 11) is 0. The van der Waals surface area contributed by atoms with Crippen molar-refractivity contribution in [1.29, 1.82) is 0 Å². The number of fused-ring (bicyclic) bond motifs is 1. The van der Waals surface area contributed by atoms with E-state index in [2.05, 4.69) is 32.4 Å². The summed E-state index contributed by atoms with van der Waals surface area (Å²) in [5, 5.41) is 7.20. The lowest BCUT2D eigenvalue weighted by Gasteiger charge is -2.11. The summed E-state index contributed by atoms with van der Waals surface area (Å²) in [5.41, 5.74) is 2.52. The van der Waals surface area contributed by atoms with Gasteiger partial charge in [0.2, 0.25) is 0 Å². The van der Waals surface area contributed by atoms with Crippen molar-refractivity contribution in [3.8, 4) is 17.6 Å². The van der Waals surface area contributed by atoms with Crippen LogP contribution in [0.2, 0.25) is 5.02 Å². The Morgan fingerprint density at radius 3 is 2.97 bits per heavy atom. The van der Waals surface area contributed by atoms with Gasteiger partial charge in [0.15, 0.2) is 5.82 Å². The van der Waals surface area contributed by atoms with E-state index in [9.17, 15) is 4.39 Å². The van der Waals surface area contributed by atoms with Crippen LogP contribution in [0.4, 0.5) is 15.9 Å². The maximum atomic E-state index is 13.3. The fraction of sp³-hybridized carbons (Fsp3) is 0.231. The van der Waals surface area contributed by atoms with E-state index in [1.165, 1.54) is 18.6 Å². The number of aromatic nitrogens is 2. The van der Waals surface area contributed by atoms with Gasteiger partial charge in [0.25, 0.3) is 0 Å². The molecule has 4 aromatic rings. The van der Waals surface area contributed by atoms with Gasteiger partial charge in [-0.3, -0.25) is 0 Å². The predicted octanol–water partition coefficient (Wildman–Crippen LogP) is 5.95. The van der Waals surface area contributed by atoms with E-state index in [1.54, 1.807) is 29.8 Å². The molecular weight excluding hydrogens is 471 g/mol. The van der Waals surface area contributed by atoms with Gasteiger partial charge in [-0.25, -0.2) is 14.4 Å². The molecule has 2 aromatic carbocycles. The number of nitrogens with zero attached hydrogens (tertiary/aromatic N) is 2. The maximum absolute atomic E-state index is 13.3. The Kier molecular flexibility index (Phi) is 6.91. The van der Waals surface area contributed by atoms with Crippen molar-refractivity contribution in [3.05, 3.63) is 76.1 Å². The second-order valence-electron chi connectivity index (χ2n) is 7.96. The molecule has 1 aliphatic heterocycles. The SMILES string of the molecule is Fc1cccc(CCOc2ccc(Nc3ncnc4cc(C#C[C@H]5CCCN5)sc34)cc2Cl)c1. The van der Waals surface area contributed by atoms with E-state index >= 15 is 0 Å². The lowest BCUT2D eigenvalue weighted by Crippen LogP contribution is -2.18. The van der Waals surface area contributed by atoms with Gasteiger partial charge in [0, 0.05) is 12.1 Å². The van der Waals surface area contributed by atoms with Crippen LogP contribution in [0.5, 0.6) is 5.75 Å². The summed E-state index contributed by atoms with van der Waals surface area (Å²) in [6.07, 6.45) is 4.40.